The van der Waals surface area contributed by atoms with E-state index in [1.165, 1.54) is 11.1 Å². The van der Waals surface area contributed by atoms with Gasteiger partial charge in [0, 0.05) is 19.1 Å². The molecule has 0 aliphatic rings. The first-order valence-corrected chi connectivity index (χ1v) is 13.6. The van der Waals surface area contributed by atoms with Crippen LogP contribution in [0.5, 0.6) is 23.0 Å². The van der Waals surface area contributed by atoms with Crippen molar-refractivity contribution >= 4 is 0 Å². The Morgan fingerprint density at radius 3 is 1.51 bits per heavy atom. The van der Waals surface area contributed by atoms with Crippen LogP contribution in [0, 0.1) is 0 Å². The summed E-state index contributed by atoms with van der Waals surface area (Å²) in [6.07, 6.45) is 0.883. The minimum absolute atomic E-state index is 0.142. The molecule has 39 heavy (non-hydrogen) atoms. The van der Waals surface area contributed by atoms with E-state index in [0.717, 1.165) is 53.6 Å². The van der Waals surface area contributed by atoms with E-state index in [-0.39, 0.29) is 6.04 Å². The van der Waals surface area contributed by atoms with Crippen LogP contribution in [0.2, 0.25) is 0 Å². The molecule has 0 saturated carbocycles. The summed E-state index contributed by atoms with van der Waals surface area (Å²) < 4.78 is 22.9. The Bertz CT molecular complexity index is 1230. The fraction of sp³-hybridized carbons (Fsp3) is 0.294. The molecule has 5 heteroatoms. The maximum absolute atomic E-state index is 5.90. The van der Waals surface area contributed by atoms with Gasteiger partial charge in [0.1, 0.15) is 0 Å². The van der Waals surface area contributed by atoms with Gasteiger partial charge in [-0.1, -0.05) is 72.8 Å². The van der Waals surface area contributed by atoms with Crippen molar-refractivity contribution in [3.63, 3.8) is 0 Å². The molecule has 5 nitrogen and oxygen atoms in total. The largest absolute Gasteiger partial charge is 0.493 e. The van der Waals surface area contributed by atoms with Crippen LogP contribution in [0.1, 0.15) is 42.1 Å². The molecule has 204 valence electrons. The molecule has 1 atom stereocenters. The zero-order valence-corrected chi connectivity index (χ0v) is 23.4. The zero-order chi connectivity index (χ0) is 27.5. The van der Waals surface area contributed by atoms with Gasteiger partial charge in [0.15, 0.2) is 23.0 Å². The van der Waals surface area contributed by atoms with Crippen molar-refractivity contribution in [1.29, 1.82) is 0 Å². The molecular formula is C34H39NO4. The summed E-state index contributed by atoms with van der Waals surface area (Å²) in [4.78, 5) is 2.53. The Hall–Kier alpha value is -3.96. The molecule has 0 aliphatic carbocycles. The normalized spacial score (nSPS) is 11.7. The lowest BCUT2D eigenvalue weighted by Gasteiger charge is -2.33. The third-order valence-electron chi connectivity index (χ3n) is 6.72. The van der Waals surface area contributed by atoms with Crippen LogP contribution >= 0.6 is 0 Å². The van der Waals surface area contributed by atoms with Gasteiger partial charge in [-0.25, -0.2) is 0 Å². The molecule has 0 heterocycles. The molecule has 4 aromatic rings. The van der Waals surface area contributed by atoms with Gasteiger partial charge in [0.05, 0.1) is 27.4 Å². The van der Waals surface area contributed by atoms with Crippen LogP contribution < -0.4 is 18.9 Å². The SMILES string of the molecule is CCOc1cc(CN(Cc2ccc(OC)c(OCC)c2)C(Cc2ccccc2)c2ccccc2)ccc1OC. The summed E-state index contributed by atoms with van der Waals surface area (Å²) in [5, 5.41) is 0. The molecule has 4 aromatic carbocycles. The van der Waals surface area contributed by atoms with E-state index in [1.807, 2.05) is 26.0 Å². The Labute approximate surface area is 232 Å². The second kappa shape index (κ2) is 14.3. The molecular weight excluding hydrogens is 486 g/mol. The van der Waals surface area contributed by atoms with Crippen LogP contribution in [-0.2, 0) is 19.5 Å². The Balaban J connectivity index is 1.75. The average Bonchev–Trinajstić information content (AvgIpc) is 2.97. The van der Waals surface area contributed by atoms with Crippen molar-refractivity contribution in [3.05, 3.63) is 119 Å². The Morgan fingerprint density at radius 2 is 1.05 bits per heavy atom. The second-order valence-electron chi connectivity index (χ2n) is 9.36. The maximum Gasteiger partial charge on any atom is 0.161 e. The minimum Gasteiger partial charge on any atom is -0.493 e. The standard InChI is InChI=1S/C34H39NO4/c1-5-38-33-22-27(17-19-31(33)36-3)24-35(25-28-18-20-32(37-4)34(23-28)39-6-2)30(29-15-11-8-12-16-29)21-26-13-9-7-10-14-26/h7-20,22-23,30H,5-6,21,24-25H2,1-4H3. The topological polar surface area (TPSA) is 40.2 Å². The van der Waals surface area contributed by atoms with Gasteiger partial charge in [-0.2, -0.15) is 0 Å². The van der Waals surface area contributed by atoms with Gasteiger partial charge < -0.3 is 18.9 Å². The number of hydrogen-bond acceptors (Lipinski definition) is 5. The van der Waals surface area contributed by atoms with Crippen molar-refractivity contribution in [1.82, 2.24) is 4.90 Å². The number of benzene rings is 4. The summed E-state index contributed by atoms with van der Waals surface area (Å²) in [5.74, 6) is 3.01. The van der Waals surface area contributed by atoms with Gasteiger partial charge in [0.2, 0.25) is 0 Å². The molecule has 1 unspecified atom stereocenters. The quantitative estimate of drug-likeness (QED) is 0.171. The third-order valence-corrected chi connectivity index (χ3v) is 6.72. The average molecular weight is 526 g/mol. The van der Waals surface area contributed by atoms with Crippen molar-refractivity contribution in [2.45, 2.75) is 39.4 Å². The van der Waals surface area contributed by atoms with Crippen LogP contribution in [-0.4, -0.2) is 32.3 Å². The van der Waals surface area contributed by atoms with Crippen molar-refractivity contribution in [2.24, 2.45) is 0 Å². The Kier molecular flexibility index (Phi) is 10.3. The predicted octanol–water partition coefficient (Wildman–Crippen LogP) is 7.49. The first-order chi connectivity index (χ1) is 19.1. The van der Waals surface area contributed by atoms with Gasteiger partial charge in [-0.15, -0.1) is 0 Å². The molecule has 0 bridgehead atoms. The number of nitrogens with zero attached hydrogens (tertiary/aromatic N) is 1. The van der Waals surface area contributed by atoms with Gasteiger partial charge in [-0.3, -0.25) is 4.90 Å². The zero-order valence-electron chi connectivity index (χ0n) is 23.4. The van der Waals surface area contributed by atoms with Crippen LogP contribution in [0.15, 0.2) is 97.1 Å². The number of ether oxygens (including phenoxy) is 4. The molecule has 0 saturated heterocycles. The lowest BCUT2D eigenvalue weighted by molar-refractivity contribution is 0.176. The van der Waals surface area contributed by atoms with E-state index in [1.54, 1.807) is 14.2 Å². The summed E-state index contributed by atoms with van der Waals surface area (Å²) in [7, 11) is 3.35. The number of hydrogen-bond donors (Lipinski definition) is 0. The predicted molar refractivity (Wildman–Crippen MR) is 157 cm³/mol. The summed E-state index contributed by atoms with van der Waals surface area (Å²) in [6, 6.07) is 34.0. The smallest absolute Gasteiger partial charge is 0.161 e. The molecule has 0 aliphatic heterocycles. The highest BCUT2D eigenvalue weighted by Gasteiger charge is 2.23. The van der Waals surface area contributed by atoms with E-state index < -0.39 is 0 Å². The van der Waals surface area contributed by atoms with Crippen LogP contribution in [0.3, 0.4) is 0 Å². The highest BCUT2D eigenvalue weighted by Crippen LogP contribution is 2.34. The molecule has 4 rings (SSSR count). The number of rotatable bonds is 14. The van der Waals surface area contributed by atoms with Crippen LogP contribution in [0.25, 0.3) is 0 Å². The van der Waals surface area contributed by atoms with Crippen molar-refractivity contribution in [2.75, 3.05) is 27.4 Å². The molecule has 0 radical (unpaired) electrons. The highest BCUT2D eigenvalue weighted by molar-refractivity contribution is 5.44. The molecule has 0 fully saturated rings. The van der Waals surface area contributed by atoms with Crippen molar-refractivity contribution in [3.8, 4) is 23.0 Å². The summed E-state index contributed by atoms with van der Waals surface area (Å²) >= 11 is 0. The van der Waals surface area contributed by atoms with Gasteiger partial charge in [-0.05, 0) is 66.8 Å². The monoisotopic (exact) mass is 525 g/mol. The fourth-order valence-corrected chi connectivity index (χ4v) is 4.89. The van der Waals surface area contributed by atoms with E-state index in [0.29, 0.717) is 13.2 Å². The lowest BCUT2D eigenvalue weighted by Crippen LogP contribution is -2.29. The Morgan fingerprint density at radius 1 is 0.564 bits per heavy atom. The summed E-state index contributed by atoms with van der Waals surface area (Å²) in [5.41, 5.74) is 4.89. The van der Waals surface area contributed by atoms with Crippen LogP contribution in [0.4, 0.5) is 0 Å². The van der Waals surface area contributed by atoms with Crippen molar-refractivity contribution < 1.29 is 18.9 Å². The molecule has 0 N–H and O–H groups in total. The first-order valence-electron chi connectivity index (χ1n) is 13.6. The van der Waals surface area contributed by atoms with Gasteiger partial charge >= 0.3 is 0 Å². The van der Waals surface area contributed by atoms with E-state index in [4.69, 9.17) is 18.9 Å². The van der Waals surface area contributed by atoms with Gasteiger partial charge in [0.25, 0.3) is 0 Å². The number of methoxy groups -OCH3 is 2. The highest BCUT2D eigenvalue weighted by atomic mass is 16.5. The van der Waals surface area contributed by atoms with E-state index in [9.17, 15) is 0 Å². The van der Waals surface area contributed by atoms with E-state index in [2.05, 4.69) is 89.8 Å². The third kappa shape index (κ3) is 7.55. The minimum atomic E-state index is 0.142. The molecule has 0 aromatic heterocycles. The molecule has 0 amide bonds. The second-order valence-corrected chi connectivity index (χ2v) is 9.36. The first kappa shape index (κ1) is 28.1. The summed E-state index contributed by atoms with van der Waals surface area (Å²) in [6.45, 7) is 6.60. The maximum atomic E-state index is 5.90. The van der Waals surface area contributed by atoms with E-state index >= 15 is 0 Å². The molecule has 0 spiro atoms. The lowest BCUT2D eigenvalue weighted by atomic mass is 9.96. The fourth-order valence-electron chi connectivity index (χ4n) is 4.89.